The summed E-state index contributed by atoms with van der Waals surface area (Å²) in [5, 5.41) is 9.45. The van der Waals surface area contributed by atoms with Crippen LogP contribution in [-0.4, -0.2) is 43.2 Å². The second kappa shape index (κ2) is 9.90. The van der Waals surface area contributed by atoms with E-state index >= 15 is 0 Å². The summed E-state index contributed by atoms with van der Waals surface area (Å²) in [4.78, 5) is 0. The van der Waals surface area contributed by atoms with Crippen LogP contribution in [0.2, 0.25) is 0 Å². The summed E-state index contributed by atoms with van der Waals surface area (Å²) in [6, 6.07) is 15.0. The smallest absolute Gasteiger partial charge is 0.162 e. The third-order valence-corrected chi connectivity index (χ3v) is 4.73. The molecule has 2 unspecified atom stereocenters. The second-order valence-electron chi connectivity index (χ2n) is 6.86. The van der Waals surface area contributed by atoms with Crippen molar-refractivity contribution in [3.63, 3.8) is 0 Å². The number of alkyl halides is 3. The number of rotatable bonds is 10. The van der Waals surface area contributed by atoms with E-state index in [0.29, 0.717) is 11.5 Å². The van der Waals surface area contributed by atoms with Gasteiger partial charge in [-0.15, -0.1) is 11.6 Å². The average Bonchev–Trinajstić information content (AvgIpc) is 2.70. The van der Waals surface area contributed by atoms with E-state index < -0.39 is 19.0 Å². The maximum atomic E-state index is 12.9. The molecular formula is C21H25ClF2O3. The summed E-state index contributed by atoms with van der Waals surface area (Å²) in [5.74, 6) is 1.30. The molecule has 0 saturated carbocycles. The van der Waals surface area contributed by atoms with Crippen LogP contribution in [0, 0.1) is 0 Å². The van der Waals surface area contributed by atoms with Gasteiger partial charge in [-0.1, -0.05) is 38.1 Å². The number of ether oxygens (including phenoxy) is 2. The number of benzene rings is 2. The van der Waals surface area contributed by atoms with Crippen LogP contribution >= 0.6 is 11.6 Å². The first-order valence-electron chi connectivity index (χ1n) is 8.77. The van der Waals surface area contributed by atoms with Crippen molar-refractivity contribution in [2.45, 2.75) is 31.5 Å². The lowest BCUT2D eigenvalue weighted by Crippen LogP contribution is -2.20. The van der Waals surface area contributed by atoms with Crippen LogP contribution in [0.25, 0.3) is 0 Å². The molecule has 0 fully saturated rings. The summed E-state index contributed by atoms with van der Waals surface area (Å²) in [6.07, 6.45) is -2.30. The molecule has 2 aromatic rings. The summed E-state index contributed by atoms with van der Waals surface area (Å²) >= 11 is 5.55. The molecule has 0 saturated heterocycles. The molecule has 3 nitrogen and oxygen atoms in total. The van der Waals surface area contributed by atoms with E-state index in [-0.39, 0.29) is 24.5 Å². The highest BCUT2D eigenvalue weighted by atomic mass is 35.5. The Kier molecular flexibility index (Phi) is 7.87. The lowest BCUT2D eigenvalue weighted by molar-refractivity contribution is 0.125. The minimum atomic E-state index is -1.60. The molecule has 0 aromatic heterocycles. The largest absolute Gasteiger partial charge is 0.491 e. The molecular weight excluding hydrogens is 373 g/mol. The van der Waals surface area contributed by atoms with Crippen molar-refractivity contribution in [2.24, 2.45) is 0 Å². The Morgan fingerprint density at radius 3 is 1.78 bits per heavy atom. The Bertz CT molecular complexity index is 630. The number of hydrogen-bond acceptors (Lipinski definition) is 3. The third kappa shape index (κ3) is 6.08. The first kappa shape index (κ1) is 21.5. The molecule has 1 N–H and O–H groups in total. The normalized spacial score (nSPS) is 13.9. The van der Waals surface area contributed by atoms with Crippen LogP contribution in [0.15, 0.2) is 48.5 Å². The van der Waals surface area contributed by atoms with E-state index in [1.807, 2.05) is 36.4 Å². The molecule has 2 aromatic carbocycles. The van der Waals surface area contributed by atoms with Crippen LogP contribution in [-0.2, 0) is 5.41 Å². The zero-order valence-corrected chi connectivity index (χ0v) is 16.3. The third-order valence-electron chi connectivity index (χ3n) is 4.37. The van der Waals surface area contributed by atoms with Crippen LogP contribution in [0.1, 0.15) is 25.0 Å². The fourth-order valence-corrected chi connectivity index (χ4v) is 2.66. The van der Waals surface area contributed by atoms with Crippen LogP contribution in [0.5, 0.6) is 11.5 Å². The molecule has 2 atom stereocenters. The highest BCUT2D eigenvalue weighted by Crippen LogP contribution is 2.33. The topological polar surface area (TPSA) is 38.7 Å². The van der Waals surface area contributed by atoms with E-state index in [0.717, 1.165) is 11.1 Å². The van der Waals surface area contributed by atoms with Gasteiger partial charge in [-0.05, 0) is 35.4 Å². The molecule has 2 rings (SSSR count). The summed E-state index contributed by atoms with van der Waals surface area (Å²) in [6.45, 7) is 3.00. The average molecular weight is 398 g/mol. The van der Waals surface area contributed by atoms with Crippen molar-refractivity contribution in [1.29, 1.82) is 0 Å². The first-order chi connectivity index (χ1) is 12.9. The summed E-state index contributed by atoms with van der Waals surface area (Å²) in [5.41, 5.74) is 1.87. The highest BCUT2D eigenvalue weighted by Gasteiger charge is 2.23. The van der Waals surface area contributed by atoms with Crippen molar-refractivity contribution >= 4 is 11.6 Å². The number of aliphatic hydroxyl groups is 1. The number of halogens is 3. The van der Waals surface area contributed by atoms with Crippen molar-refractivity contribution in [3.8, 4) is 11.5 Å². The SMILES string of the molecule is CC(C)(c1ccc(OCC(O)CCl)cc1)c1ccc(OCC(F)C[18F])cc1. The maximum absolute atomic E-state index is 12.9. The van der Waals surface area contributed by atoms with Gasteiger partial charge in [0, 0.05) is 5.41 Å². The van der Waals surface area contributed by atoms with Gasteiger partial charge in [0.1, 0.15) is 37.5 Å². The molecule has 0 spiro atoms. The molecule has 0 aliphatic heterocycles. The van der Waals surface area contributed by atoms with Gasteiger partial charge in [0.25, 0.3) is 0 Å². The predicted molar refractivity (Wildman–Crippen MR) is 104 cm³/mol. The van der Waals surface area contributed by atoms with Crippen LogP contribution in [0.4, 0.5) is 8.78 Å². The zero-order chi connectivity index (χ0) is 19.9. The van der Waals surface area contributed by atoms with Crippen molar-refractivity contribution in [3.05, 3.63) is 59.7 Å². The van der Waals surface area contributed by atoms with Crippen molar-refractivity contribution in [2.75, 3.05) is 25.8 Å². The van der Waals surface area contributed by atoms with Gasteiger partial charge in [-0.25, -0.2) is 8.78 Å². The second-order valence-corrected chi connectivity index (χ2v) is 7.16. The molecule has 0 aliphatic rings. The van der Waals surface area contributed by atoms with Gasteiger partial charge >= 0.3 is 0 Å². The Balaban J connectivity index is 2.04. The van der Waals surface area contributed by atoms with Crippen LogP contribution in [0.3, 0.4) is 0 Å². The van der Waals surface area contributed by atoms with Gasteiger partial charge < -0.3 is 14.6 Å². The van der Waals surface area contributed by atoms with E-state index in [1.165, 1.54) is 0 Å². The van der Waals surface area contributed by atoms with E-state index in [2.05, 4.69) is 13.8 Å². The Morgan fingerprint density at radius 2 is 1.37 bits per heavy atom. The number of aliphatic hydroxyl groups excluding tert-OH is 1. The molecule has 0 amide bonds. The quantitative estimate of drug-likeness (QED) is 0.592. The minimum absolute atomic E-state index is 0.130. The van der Waals surface area contributed by atoms with Gasteiger partial charge in [-0.2, -0.15) is 0 Å². The summed E-state index contributed by atoms with van der Waals surface area (Å²) in [7, 11) is 0. The van der Waals surface area contributed by atoms with E-state index in [1.54, 1.807) is 12.1 Å². The van der Waals surface area contributed by atoms with Gasteiger partial charge in [0.15, 0.2) is 6.17 Å². The Labute approximate surface area is 163 Å². The van der Waals surface area contributed by atoms with Gasteiger partial charge in [-0.3, -0.25) is 0 Å². The summed E-state index contributed by atoms with van der Waals surface area (Å²) < 4.78 is 35.8. The molecule has 6 heteroatoms. The van der Waals surface area contributed by atoms with Crippen molar-refractivity contribution < 1.29 is 23.4 Å². The Morgan fingerprint density at radius 1 is 0.926 bits per heavy atom. The maximum Gasteiger partial charge on any atom is 0.162 e. The minimum Gasteiger partial charge on any atom is -0.491 e. The standard InChI is InChI=1S/C21H25ClF2O3/c1-21(2,15-3-7-19(8-4-15)26-13-17(24)12-23)16-5-9-20(10-6-16)27-14-18(25)11-22/h3-10,17-18,25H,11-14H2,1-2H3/i23-1. The molecule has 0 heterocycles. The molecule has 0 radical (unpaired) electrons. The van der Waals surface area contributed by atoms with Gasteiger partial charge in [0.2, 0.25) is 0 Å². The highest BCUT2D eigenvalue weighted by molar-refractivity contribution is 6.18. The fraction of sp³-hybridized carbons (Fsp3) is 0.429. The molecule has 148 valence electrons. The Hall–Kier alpha value is -1.85. The lowest BCUT2D eigenvalue weighted by atomic mass is 9.78. The monoisotopic (exact) mass is 397 g/mol. The van der Waals surface area contributed by atoms with E-state index in [9.17, 15) is 13.9 Å². The zero-order valence-electron chi connectivity index (χ0n) is 15.5. The lowest BCUT2D eigenvalue weighted by Gasteiger charge is -2.26. The molecule has 27 heavy (non-hydrogen) atoms. The molecule has 0 aliphatic carbocycles. The fourth-order valence-electron chi connectivity index (χ4n) is 2.57. The van der Waals surface area contributed by atoms with Crippen LogP contribution < -0.4 is 9.47 Å². The number of hydrogen-bond donors (Lipinski definition) is 1. The first-order valence-corrected chi connectivity index (χ1v) is 9.31. The van der Waals surface area contributed by atoms with Gasteiger partial charge in [0.05, 0.1) is 5.88 Å². The molecule has 0 bridgehead atoms. The van der Waals surface area contributed by atoms with E-state index in [4.69, 9.17) is 21.1 Å². The van der Waals surface area contributed by atoms with Crippen molar-refractivity contribution in [1.82, 2.24) is 0 Å². The predicted octanol–water partition coefficient (Wildman–Crippen LogP) is 4.68.